The van der Waals surface area contributed by atoms with Crippen molar-refractivity contribution in [2.45, 2.75) is 38.7 Å². The Morgan fingerprint density at radius 2 is 2.11 bits per heavy atom. The number of piperidine rings is 1. The number of ether oxygens (including phenoxy) is 1. The zero-order valence-electron chi connectivity index (χ0n) is 15.2. The Morgan fingerprint density at radius 1 is 1.32 bits per heavy atom. The van der Waals surface area contributed by atoms with Crippen molar-refractivity contribution in [1.29, 1.82) is 0 Å². The van der Waals surface area contributed by atoms with E-state index < -0.39 is 11.6 Å². The third-order valence-electron chi connectivity index (χ3n) is 4.63. The molecule has 0 spiro atoms. The van der Waals surface area contributed by atoms with E-state index in [9.17, 15) is 13.6 Å². The Morgan fingerprint density at radius 3 is 2.86 bits per heavy atom. The molecule has 4 rings (SSSR count). The van der Waals surface area contributed by atoms with E-state index in [0.29, 0.717) is 40.7 Å². The van der Waals surface area contributed by atoms with Crippen LogP contribution in [0.2, 0.25) is 0 Å². The molecule has 0 radical (unpaired) electrons. The van der Waals surface area contributed by atoms with Gasteiger partial charge < -0.3 is 9.64 Å². The van der Waals surface area contributed by atoms with E-state index in [1.807, 2.05) is 6.92 Å². The second kappa shape index (κ2) is 8.04. The molecule has 0 aliphatic carbocycles. The van der Waals surface area contributed by atoms with Gasteiger partial charge in [-0.15, -0.1) is 5.10 Å². The van der Waals surface area contributed by atoms with Crippen molar-refractivity contribution in [1.82, 2.24) is 19.5 Å². The highest BCUT2D eigenvalue weighted by molar-refractivity contribution is 7.20. The fraction of sp³-hybridized carbons (Fsp3) is 0.444. The summed E-state index contributed by atoms with van der Waals surface area (Å²) >= 11 is 2.26. The summed E-state index contributed by atoms with van der Waals surface area (Å²) in [6, 6.07) is 2.07. The van der Waals surface area contributed by atoms with Gasteiger partial charge in [0.25, 0.3) is 11.1 Å². The van der Waals surface area contributed by atoms with Crippen LogP contribution in [-0.4, -0.2) is 44.6 Å². The number of fused-ring (bicyclic) bond motifs is 1. The summed E-state index contributed by atoms with van der Waals surface area (Å²) in [5.41, 5.74) is 0.884. The summed E-state index contributed by atoms with van der Waals surface area (Å²) in [6.07, 6.45) is 2.83. The van der Waals surface area contributed by atoms with Crippen LogP contribution >= 0.6 is 22.9 Å². The Hall–Kier alpha value is -2.20. The number of hydrogen-bond acceptors (Lipinski definition) is 7. The lowest BCUT2D eigenvalue weighted by Gasteiger charge is -2.31. The molecule has 10 heteroatoms. The summed E-state index contributed by atoms with van der Waals surface area (Å²) in [5, 5.41) is 4.38. The largest absolute Gasteiger partial charge is 0.467 e. The predicted molar refractivity (Wildman–Crippen MR) is 103 cm³/mol. The second-order valence-electron chi connectivity index (χ2n) is 6.62. The first-order valence-corrected chi connectivity index (χ1v) is 10.7. The zero-order valence-corrected chi connectivity index (χ0v) is 16.8. The van der Waals surface area contributed by atoms with E-state index in [-0.39, 0.29) is 17.5 Å². The van der Waals surface area contributed by atoms with E-state index >= 15 is 0 Å². The molecule has 1 aliphatic heterocycles. The van der Waals surface area contributed by atoms with Crippen LogP contribution in [0.5, 0.6) is 5.19 Å². The maximum atomic E-state index is 13.8. The molecule has 3 aromatic rings. The average Bonchev–Trinajstić information content (AvgIpc) is 3.29. The number of carbonyl (C=O) groups excluding carboxylic acids is 1. The van der Waals surface area contributed by atoms with E-state index in [0.717, 1.165) is 47.5 Å². The summed E-state index contributed by atoms with van der Waals surface area (Å²) in [7, 11) is 0. The van der Waals surface area contributed by atoms with Crippen molar-refractivity contribution in [2.24, 2.45) is 0 Å². The molecule has 1 saturated heterocycles. The molecule has 1 aliphatic rings. The summed E-state index contributed by atoms with van der Waals surface area (Å²) < 4.78 is 37.3. The summed E-state index contributed by atoms with van der Waals surface area (Å²) in [5.74, 6) is -1.36. The highest BCUT2D eigenvalue weighted by Gasteiger charge is 2.28. The lowest BCUT2D eigenvalue weighted by Crippen LogP contribution is -2.41. The molecule has 0 atom stereocenters. The zero-order chi connectivity index (χ0) is 19.7. The fourth-order valence-corrected chi connectivity index (χ4v) is 4.82. The van der Waals surface area contributed by atoms with Crippen molar-refractivity contribution < 1.29 is 18.3 Å². The minimum atomic E-state index is -0.692. The number of carbonyl (C=O) groups is 1. The molecule has 1 amide bonds. The number of thiazole rings is 1. The van der Waals surface area contributed by atoms with Gasteiger partial charge in [-0.25, -0.2) is 8.78 Å². The lowest BCUT2D eigenvalue weighted by atomic mass is 10.1. The Balaban J connectivity index is 1.38. The number of likely N-dealkylation sites (tertiary alicyclic amines) is 1. The number of nitrogens with zero attached hydrogens (tertiary/aromatic N) is 4. The van der Waals surface area contributed by atoms with Crippen LogP contribution in [0.15, 0.2) is 12.1 Å². The molecule has 1 aromatic carbocycles. The first-order chi connectivity index (χ1) is 13.5. The van der Waals surface area contributed by atoms with Crippen LogP contribution in [0.4, 0.5) is 8.78 Å². The van der Waals surface area contributed by atoms with Gasteiger partial charge in [0.2, 0.25) is 0 Å². The van der Waals surface area contributed by atoms with Gasteiger partial charge in [0.1, 0.15) is 22.3 Å². The molecule has 148 valence electrons. The fourth-order valence-electron chi connectivity index (χ4n) is 3.22. The van der Waals surface area contributed by atoms with Gasteiger partial charge in [-0.2, -0.15) is 4.98 Å². The topological polar surface area (TPSA) is 68.2 Å². The first kappa shape index (κ1) is 19.1. The molecule has 0 saturated carbocycles. The van der Waals surface area contributed by atoms with Crippen LogP contribution in [0.3, 0.4) is 0 Å². The van der Waals surface area contributed by atoms with Gasteiger partial charge in [0.05, 0.1) is 10.4 Å². The first-order valence-electron chi connectivity index (χ1n) is 9.08. The second-order valence-corrected chi connectivity index (χ2v) is 8.37. The molecule has 0 bridgehead atoms. The van der Waals surface area contributed by atoms with Gasteiger partial charge in [0, 0.05) is 32.0 Å². The van der Waals surface area contributed by atoms with Crippen LogP contribution < -0.4 is 4.74 Å². The molecule has 0 N–H and O–H groups in total. The number of amides is 1. The minimum absolute atomic E-state index is 0.0329. The molecule has 3 heterocycles. The van der Waals surface area contributed by atoms with Crippen LogP contribution in [0, 0.1) is 11.6 Å². The lowest BCUT2D eigenvalue weighted by molar-refractivity contribution is 0.0598. The van der Waals surface area contributed by atoms with Gasteiger partial charge >= 0.3 is 0 Å². The number of hydrogen-bond donors (Lipinski definition) is 0. The quantitative estimate of drug-likeness (QED) is 0.618. The monoisotopic (exact) mass is 424 g/mol. The van der Waals surface area contributed by atoms with Crippen molar-refractivity contribution in [3.05, 3.63) is 34.3 Å². The van der Waals surface area contributed by atoms with Crippen LogP contribution in [0.25, 0.3) is 10.2 Å². The normalized spacial score (nSPS) is 15.3. The van der Waals surface area contributed by atoms with E-state index in [2.05, 4.69) is 14.6 Å². The highest BCUT2D eigenvalue weighted by Crippen LogP contribution is 2.32. The van der Waals surface area contributed by atoms with Crippen molar-refractivity contribution in [3.8, 4) is 5.19 Å². The number of aryl methyl sites for hydroxylation is 1. The van der Waals surface area contributed by atoms with Crippen molar-refractivity contribution in [2.75, 3.05) is 13.1 Å². The maximum Gasteiger partial charge on any atom is 0.274 e. The van der Waals surface area contributed by atoms with Crippen LogP contribution in [0.1, 0.15) is 41.6 Å². The van der Waals surface area contributed by atoms with Gasteiger partial charge in [-0.1, -0.05) is 29.2 Å². The minimum Gasteiger partial charge on any atom is -0.467 e. The van der Waals surface area contributed by atoms with Crippen molar-refractivity contribution >= 4 is 39.0 Å². The highest BCUT2D eigenvalue weighted by atomic mass is 32.1. The van der Waals surface area contributed by atoms with Crippen molar-refractivity contribution in [3.63, 3.8) is 0 Å². The maximum absolute atomic E-state index is 13.8. The number of benzene rings is 1. The average molecular weight is 424 g/mol. The SMILES string of the molecule is CCCc1nnsc1C(=O)N1CCC(Oc2nc3c(F)cc(F)cc3s2)CC1. The number of aromatic nitrogens is 3. The third kappa shape index (κ3) is 3.83. The summed E-state index contributed by atoms with van der Waals surface area (Å²) in [6.45, 7) is 3.15. The molecular weight excluding hydrogens is 406 g/mol. The van der Waals surface area contributed by atoms with E-state index in [1.165, 1.54) is 6.07 Å². The van der Waals surface area contributed by atoms with E-state index in [1.54, 1.807) is 4.90 Å². The predicted octanol–water partition coefficient (Wildman–Crippen LogP) is 4.06. The van der Waals surface area contributed by atoms with Gasteiger partial charge in [-0.05, 0) is 24.0 Å². The summed E-state index contributed by atoms with van der Waals surface area (Å²) in [4.78, 5) is 19.3. The Bertz CT molecular complexity index is 999. The van der Waals surface area contributed by atoms with E-state index in [4.69, 9.17) is 4.74 Å². The molecule has 1 fully saturated rings. The van der Waals surface area contributed by atoms with Gasteiger partial charge in [-0.3, -0.25) is 4.79 Å². The number of halogens is 2. The Kier molecular flexibility index (Phi) is 5.49. The number of rotatable bonds is 5. The molecular formula is C18H18F2N4O2S2. The van der Waals surface area contributed by atoms with Crippen LogP contribution in [-0.2, 0) is 6.42 Å². The molecule has 6 nitrogen and oxygen atoms in total. The van der Waals surface area contributed by atoms with Gasteiger partial charge in [0.15, 0.2) is 5.82 Å². The molecule has 2 aromatic heterocycles. The standard InChI is InChI=1S/C18H18F2N4O2S2/c1-2-3-13-16(28-23-22-13)17(25)24-6-4-11(5-7-24)26-18-21-15-12(20)8-10(19)9-14(15)27-18/h8-9,11H,2-7H2,1H3. The molecule has 28 heavy (non-hydrogen) atoms. The smallest absolute Gasteiger partial charge is 0.274 e. The molecule has 0 unspecified atom stereocenters. The Labute approximate surface area is 168 Å². The third-order valence-corrected chi connectivity index (χ3v) is 6.28.